The molecule has 0 atom stereocenters. The van der Waals surface area contributed by atoms with Gasteiger partial charge in [0, 0.05) is 23.8 Å². The summed E-state index contributed by atoms with van der Waals surface area (Å²) in [5, 5.41) is 7.29. The van der Waals surface area contributed by atoms with Crippen molar-refractivity contribution in [3.63, 3.8) is 0 Å². The van der Waals surface area contributed by atoms with E-state index >= 15 is 0 Å². The van der Waals surface area contributed by atoms with Crippen molar-refractivity contribution in [3.8, 4) is 0 Å². The van der Waals surface area contributed by atoms with Crippen molar-refractivity contribution in [1.29, 1.82) is 0 Å². The minimum atomic E-state index is 0.514. The summed E-state index contributed by atoms with van der Waals surface area (Å²) < 4.78 is 0. The Morgan fingerprint density at radius 1 is 1.16 bits per heavy atom. The van der Waals surface area contributed by atoms with Crippen molar-refractivity contribution in [2.45, 2.75) is 26.2 Å². The average Bonchev–Trinajstić information content (AvgIpc) is 2.63. The summed E-state index contributed by atoms with van der Waals surface area (Å²) in [4.78, 5) is 11.0. The number of nitrogens with one attached hydrogen (secondary N) is 2. The zero-order chi connectivity index (χ0) is 17.6. The van der Waals surface area contributed by atoms with Gasteiger partial charge in [-0.3, -0.25) is 0 Å². The fraction of sp³-hybridized carbons (Fsp3) is 0.444. The molecule has 1 fully saturated rings. The molecule has 2 heterocycles. The number of nitrogens with two attached hydrogens (primary N) is 1. The second-order valence-electron chi connectivity index (χ2n) is 6.35. The van der Waals surface area contributed by atoms with E-state index in [4.69, 9.17) is 17.3 Å². The number of aromatic nitrogens is 2. The van der Waals surface area contributed by atoms with Crippen LogP contribution in [0.25, 0.3) is 0 Å². The van der Waals surface area contributed by atoms with Gasteiger partial charge < -0.3 is 21.3 Å². The van der Waals surface area contributed by atoms with E-state index in [0.717, 1.165) is 24.3 Å². The van der Waals surface area contributed by atoms with E-state index in [2.05, 4.69) is 25.5 Å². The number of hydrogen-bond acceptors (Lipinski definition) is 6. The highest BCUT2D eigenvalue weighted by atomic mass is 35.5. The van der Waals surface area contributed by atoms with Crippen LogP contribution in [0.3, 0.4) is 0 Å². The lowest BCUT2D eigenvalue weighted by Gasteiger charge is -2.26. The molecule has 1 aromatic heterocycles. The Morgan fingerprint density at radius 2 is 1.92 bits per heavy atom. The Morgan fingerprint density at radius 3 is 2.72 bits per heavy atom. The van der Waals surface area contributed by atoms with Gasteiger partial charge in [0.2, 0.25) is 0 Å². The number of anilines is 4. The number of nitrogens with zero attached hydrogens (tertiary/aromatic N) is 3. The molecule has 1 aliphatic rings. The first-order chi connectivity index (χ1) is 12.1. The Bertz CT molecular complexity index is 715. The Labute approximate surface area is 153 Å². The molecule has 1 saturated heterocycles. The van der Waals surface area contributed by atoms with Crippen LogP contribution in [0.1, 0.15) is 24.8 Å². The lowest BCUT2D eigenvalue weighted by molar-refractivity contribution is 0.237. The van der Waals surface area contributed by atoms with Gasteiger partial charge in [0.1, 0.15) is 12.0 Å². The molecule has 7 heteroatoms. The number of piperidine rings is 1. The molecule has 25 heavy (non-hydrogen) atoms. The van der Waals surface area contributed by atoms with Gasteiger partial charge in [0.05, 0.1) is 0 Å². The molecule has 134 valence electrons. The third-order valence-electron chi connectivity index (χ3n) is 4.57. The number of nitrogen functional groups attached to an aromatic ring is 1. The molecule has 0 aliphatic carbocycles. The van der Waals surface area contributed by atoms with Crippen molar-refractivity contribution in [2.24, 2.45) is 0 Å². The Kier molecular flexibility index (Phi) is 5.94. The highest BCUT2D eigenvalue weighted by Gasteiger charge is 2.12. The fourth-order valence-electron chi connectivity index (χ4n) is 3.02. The Hall–Kier alpha value is -2.05. The molecule has 6 nitrogen and oxygen atoms in total. The van der Waals surface area contributed by atoms with Crippen LogP contribution >= 0.6 is 11.6 Å². The minimum Gasteiger partial charge on any atom is -0.393 e. The molecule has 0 radical (unpaired) electrons. The zero-order valence-corrected chi connectivity index (χ0v) is 15.3. The summed E-state index contributed by atoms with van der Waals surface area (Å²) in [5.74, 6) is 1.25. The zero-order valence-electron chi connectivity index (χ0n) is 14.6. The largest absolute Gasteiger partial charge is 0.393 e. The summed E-state index contributed by atoms with van der Waals surface area (Å²) in [5.41, 5.74) is 8.60. The summed E-state index contributed by atoms with van der Waals surface area (Å²) >= 11 is 6.17. The van der Waals surface area contributed by atoms with Gasteiger partial charge >= 0.3 is 0 Å². The number of benzene rings is 1. The molecule has 0 spiro atoms. The van der Waals surface area contributed by atoms with E-state index in [-0.39, 0.29) is 0 Å². The van der Waals surface area contributed by atoms with E-state index in [1.807, 2.05) is 25.1 Å². The first-order valence-electron chi connectivity index (χ1n) is 8.74. The van der Waals surface area contributed by atoms with Gasteiger partial charge in [-0.2, -0.15) is 0 Å². The maximum Gasteiger partial charge on any atom is 0.159 e. The fourth-order valence-corrected chi connectivity index (χ4v) is 3.20. The second-order valence-corrected chi connectivity index (χ2v) is 6.76. The van der Waals surface area contributed by atoms with Crippen molar-refractivity contribution in [1.82, 2.24) is 14.9 Å². The quantitative estimate of drug-likeness (QED) is 0.729. The third kappa shape index (κ3) is 4.52. The number of halogens is 1. The first-order valence-corrected chi connectivity index (χ1v) is 9.12. The lowest BCUT2D eigenvalue weighted by Crippen LogP contribution is -2.33. The van der Waals surface area contributed by atoms with Crippen molar-refractivity contribution in [3.05, 3.63) is 35.1 Å². The summed E-state index contributed by atoms with van der Waals surface area (Å²) in [6, 6.07) is 5.71. The van der Waals surface area contributed by atoms with E-state index in [1.165, 1.54) is 38.7 Å². The van der Waals surface area contributed by atoms with E-state index in [9.17, 15) is 0 Å². The van der Waals surface area contributed by atoms with Crippen LogP contribution in [0, 0.1) is 6.92 Å². The molecule has 4 N–H and O–H groups in total. The van der Waals surface area contributed by atoms with Gasteiger partial charge in [-0.15, -0.1) is 0 Å². The van der Waals surface area contributed by atoms with Crippen LogP contribution in [-0.2, 0) is 0 Å². The number of hydrogen-bond donors (Lipinski definition) is 3. The van der Waals surface area contributed by atoms with Crippen LogP contribution in [0.5, 0.6) is 0 Å². The number of rotatable bonds is 6. The minimum absolute atomic E-state index is 0.514. The lowest BCUT2D eigenvalue weighted by atomic mass is 10.1. The van der Waals surface area contributed by atoms with Crippen LogP contribution in [0.15, 0.2) is 24.5 Å². The maximum absolute atomic E-state index is 6.24. The molecular weight excluding hydrogens is 336 g/mol. The average molecular weight is 361 g/mol. The molecule has 0 amide bonds. The van der Waals surface area contributed by atoms with Gasteiger partial charge in [-0.25, -0.2) is 9.97 Å². The smallest absolute Gasteiger partial charge is 0.159 e. The third-order valence-corrected chi connectivity index (χ3v) is 4.98. The van der Waals surface area contributed by atoms with Gasteiger partial charge in [0.15, 0.2) is 11.6 Å². The monoisotopic (exact) mass is 360 g/mol. The molecule has 3 rings (SSSR count). The predicted molar refractivity (Wildman–Crippen MR) is 105 cm³/mol. The summed E-state index contributed by atoms with van der Waals surface area (Å²) in [6.07, 6.45) is 5.45. The predicted octanol–water partition coefficient (Wildman–Crippen LogP) is 3.66. The van der Waals surface area contributed by atoms with Crippen LogP contribution in [0.4, 0.5) is 23.0 Å². The molecule has 1 aliphatic heterocycles. The SMILES string of the molecule is Cc1c(Cl)cccc1Nc1ncnc(NCCN2CCCCC2)c1N. The topological polar surface area (TPSA) is 79.1 Å². The van der Waals surface area contributed by atoms with Crippen LogP contribution in [-0.4, -0.2) is 41.0 Å². The van der Waals surface area contributed by atoms with Crippen molar-refractivity contribution in [2.75, 3.05) is 42.5 Å². The van der Waals surface area contributed by atoms with Gasteiger partial charge in [0.25, 0.3) is 0 Å². The molecule has 2 aromatic rings. The van der Waals surface area contributed by atoms with Crippen LogP contribution in [0.2, 0.25) is 5.02 Å². The van der Waals surface area contributed by atoms with Crippen LogP contribution < -0.4 is 16.4 Å². The highest BCUT2D eigenvalue weighted by molar-refractivity contribution is 6.31. The van der Waals surface area contributed by atoms with Gasteiger partial charge in [-0.1, -0.05) is 24.1 Å². The first kappa shape index (κ1) is 17.8. The maximum atomic E-state index is 6.24. The Balaban J connectivity index is 1.64. The summed E-state index contributed by atoms with van der Waals surface area (Å²) in [7, 11) is 0. The van der Waals surface area contributed by atoms with E-state index < -0.39 is 0 Å². The van der Waals surface area contributed by atoms with Gasteiger partial charge in [-0.05, 0) is 50.6 Å². The summed E-state index contributed by atoms with van der Waals surface area (Å²) in [6.45, 7) is 6.14. The second kappa shape index (κ2) is 8.36. The van der Waals surface area contributed by atoms with E-state index in [1.54, 1.807) is 0 Å². The molecule has 0 unspecified atom stereocenters. The molecular formula is C18H25ClN6. The molecule has 0 saturated carbocycles. The standard InChI is InChI=1S/C18H25ClN6/c1-13-14(19)6-5-7-15(13)24-18-16(20)17(22-12-23-18)21-8-11-25-9-3-2-4-10-25/h5-7,12H,2-4,8-11,20H2,1H3,(H2,21,22,23,24). The normalized spacial score (nSPS) is 15.1. The highest BCUT2D eigenvalue weighted by Crippen LogP contribution is 2.29. The number of likely N-dealkylation sites (tertiary alicyclic amines) is 1. The van der Waals surface area contributed by atoms with Crippen molar-refractivity contribution >= 4 is 34.6 Å². The van der Waals surface area contributed by atoms with E-state index in [0.29, 0.717) is 22.3 Å². The molecule has 1 aromatic carbocycles. The van der Waals surface area contributed by atoms with Crippen molar-refractivity contribution < 1.29 is 0 Å². The molecule has 0 bridgehead atoms.